The molecule has 0 fully saturated rings. The highest BCUT2D eigenvalue weighted by Crippen LogP contribution is 2.20. The van der Waals surface area contributed by atoms with E-state index in [0.29, 0.717) is 0 Å². The second-order valence-corrected chi connectivity index (χ2v) is 3.16. The van der Waals surface area contributed by atoms with Crippen LogP contribution >= 0.6 is 23.2 Å². The van der Waals surface area contributed by atoms with Crippen molar-refractivity contribution >= 4 is 29.4 Å². The predicted molar refractivity (Wildman–Crippen MR) is 38.9 cm³/mol. The Kier molecular flexibility index (Phi) is 4.73. The second kappa shape index (κ2) is 4.88. The Bertz CT molecular complexity index is 180. The number of alkyl halides is 6. The molecule has 0 spiro atoms. The van der Waals surface area contributed by atoms with E-state index >= 15 is 0 Å². The molecule has 3 nitrogen and oxygen atoms in total. The van der Waals surface area contributed by atoms with E-state index in [9.17, 15) is 22.4 Å². The average molecular weight is 259 g/mol. The number of halogens is 6. The van der Waals surface area contributed by atoms with Gasteiger partial charge in [0.1, 0.15) is 0 Å². The third-order valence-corrected chi connectivity index (χ3v) is 0.926. The van der Waals surface area contributed by atoms with Crippen LogP contribution in [0.25, 0.3) is 0 Å². The molecule has 0 unspecified atom stereocenters. The van der Waals surface area contributed by atoms with Crippen LogP contribution in [0.3, 0.4) is 0 Å². The van der Waals surface area contributed by atoms with Crippen LogP contribution in [0.2, 0.25) is 0 Å². The topological polar surface area (TPSA) is 35.5 Å². The summed E-state index contributed by atoms with van der Waals surface area (Å²) in [5.74, 6) is 0. The van der Waals surface area contributed by atoms with E-state index in [0.717, 1.165) is 0 Å². The van der Waals surface area contributed by atoms with Gasteiger partial charge < -0.3 is 9.47 Å². The van der Waals surface area contributed by atoms with Gasteiger partial charge in [-0.1, -0.05) is 0 Å². The molecular weight excluding hydrogens is 255 g/mol. The van der Waals surface area contributed by atoms with Crippen molar-refractivity contribution in [1.82, 2.24) is 0 Å². The van der Waals surface area contributed by atoms with Gasteiger partial charge in [-0.25, -0.2) is 4.79 Å². The summed E-state index contributed by atoms with van der Waals surface area (Å²) in [4.78, 5) is 10.3. The summed E-state index contributed by atoms with van der Waals surface area (Å²) >= 11 is 8.65. The first-order chi connectivity index (χ1) is 6.10. The monoisotopic (exact) mass is 258 g/mol. The Morgan fingerprint density at radius 2 is 1.29 bits per heavy atom. The largest absolute Gasteiger partial charge is 0.508 e. The number of ether oxygens (including phenoxy) is 2. The van der Waals surface area contributed by atoms with Crippen LogP contribution < -0.4 is 0 Å². The summed E-state index contributed by atoms with van der Waals surface area (Å²) in [6, 6.07) is 0. The second-order valence-electron chi connectivity index (χ2n) is 2.06. The van der Waals surface area contributed by atoms with E-state index in [2.05, 4.69) is 32.7 Å². The molecule has 0 saturated heterocycles. The summed E-state index contributed by atoms with van der Waals surface area (Å²) in [5.41, 5.74) is 0. The van der Waals surface area contributed by atoms with E-state index in [1.807, 2.05) is 0 Å². The number of rotatable bonds is 4. The van der Waals surface area contributed by atoms with Gasteiger partial charge in [0.2, 0.25) is 0 Å². The minimum atomic E-state index is -3.76. The van der Waals surface area contributed by atoms with Crippen LogP contribution in [0.4, 0.5) is 22.4 Å². The van der Waals surface area contributed by atoms with Gasteiger partial charge in [0.05, 0.1) is 0 Å². The minimum Gasteiger partial charge on any atom is -0.426 e. The highest BCUT2D eigenvalue weighted by molar-refractivity contribution is 6.22. The van der Waals surface area contributed by atoms with Crippen molar-refractivity contribution in [2.75, 3.05) is 13.2 Å². The average Bonchev–Trinajstić information content (AvgIpc) is 1.94. The highest BCUT2D eigenvalue weighted by Gasteiger charge is 2.30. The fourth-order valence-corrected chi connectivity index (χ4v) is 0.432. The predicted octanol–water partition coefficient (Wildman–Crippen LogP) is 2.80. The highest BCUT2D eigenvalue weighted by atomic mass is 35.5. The molecule has 9 heteroatoms. The van der Waals surface area contributed by atoms with Crippen molar-refractivity contribution in [3.8, 4) is 0 Å². The van der Waals surface area contributed by atoms with Crippen LogP contribution in [0.5, 0.6) is 0 Å². The first-order valence-electron chi connectivity index (χ1n) is 3.03. The van der Waals surface area contributed by atoms with Gasteiger partial charge in [-0.2, -0.15) is 17.6 Å². The maximum absolute atomic E-state index is 11.8. The van der Waals surface area contributed by atoms with E-state index < -0.39 is 30.1 Å². The zero-order valence-electron chi connectivity index (χ0n) is 6.41. The molecule has 0 bridgehead atoms. The lowest BCUT2D eigenvalue weighted by atomic mass is 10.7. The molecule has 0 saturated carbocycles. The van der Waals surface area contributed by atoms with E-state index in [1.165, 1.54) is 0 Å². The molecule has 0 atom stereocenters. The van der Waals surface area contributed by atoms with Crippen molar-refractivity contribution in [2.24, 2.45) is 0 Å². The number of hydrogen-bond acceptors (Lipinski definition) is 3. The van der Waals surface area contributed by atoms with E-state index in [4.69, 9.17) is 0 Å². The number of hydrogen-bond donors (Lipinski definition) is 0. The first kappa shape index (κ1) is 13.6. The number of carbonyl (C=O) groups is 1. The summed E-state index contributed by atoms with van der Waals surface area (Å²) in [6.07, 6.45) is -1.70. The maximum Gasteiger partial charge on any atom is 0.508 e. The zero-order valence-corrected chi connectivity index (χ0v) is 7.92. The third kappa shape index (κ3) is 9.66. The molecule has 0 aromatic heterocycles. The van der Waals surface area contributed by atoms with E-state index in [-0.39, 0.29) is 0 Å². The zero-order chi connectivity index (χ0) is 11.4. The van der Waals surface area contributed by atoms with Crippen LogP contribution in [0.1, 0.15) is 0 Å². The summed E-state index contributed by atoms with van der Waals surface area (Å²) in [6.45, 7) is -2.94. The molecule has 0 rings (SSSR count). The van der Waals surface area contributed by atoms with Gasteiger partial charge in [-0.05, 0) is 23.2 Å². The van der Waals surface area contributed by atoms with Crippen molar-refractivity contribution in [3.05, 3.63) is 0 Å². The SMILES string of the molecule is O=C(OCC(F)(F)Cl)OCC(F)(F)Cl. The van der Waals surface area contributed by atoms with Crippen LogP contribution in [-0.2, 0) is 9.47 Å². The lowest BCUT2D eigenvalue weighted by molar-refractivity contribution is -0.0406. The van der Waals surface area contributed by atoms with Gasteiger partial charge in [-0.15, -0.1) is 0 Å². The molecule has 14 heavy (non-hydrogen) atoms. The quantitative estimate of drug-likeness (QED) is 0.442. The Hall–Kier alpha value is -0.430. The van der Waals surface area contributed by atoms with Gasteiger partial charge in [0.15, 0.2) is 13.2 Å². The minimum absolute atomic E-state index is 1.47. The van der Waals surface area contributed by atoms with Crippen LogP contribution in [0, 0.1) is 0 Å². The Morgan fingerprint density at radius 1 is 1.00 bits per heavy atom. The lowest BCUT2D eigenvalue weighted by Gasteiger charge is -2.10. The normalized spacial score (nSPS) is 12.4. The van der Waals surface area contributed by atoms with Crippen molar-refractivity contribution in [2.45, 2.75) is 10.8 Å². The molecular formula is C5H4Cl2F4O3. The molecule has 0 aliphatic rings. The van der Waals surface area contributed by atoms with E-state index in [1.54, 1.807) is 0 Å². The molecule has 0 N–H and O–H groups in total. The molecule has 0 aliphatic heterocycles. The molecule has 0 aromatic carbocycles. The van der Waals surface area contributed by atoms with Gasteiger partial charge in [0.25, 0.3) is 0 Å². The van der Waals surface area contributed by atoms with Crippen molar-refractivity contribution in [3.63, 3.8) is 0 Å². The Labute approximate surface area is 85.9 Å². The molecule has 84 valence electrons. The molecule has 0 radical (unpaired) electrons. The smallest absolute Gasteiger partial charge is 0.426 e. The molecule has 0 aromatic rings. The van der Waals surface area contributed by atoms with Crippen molar-refractivity contribution < 1.29 is 31.8 Å². The number of carbonyl (C=O) groups excluding carboxylic acids is 1. The van der Waals surface area contributed by atoms with Crippen LogP contribution in [-0.4, -0.2) is 30.1 Å². The van der Waals surface area contributed by atoms with Gasteiger partial charge in [-0.3, -0.25) is 0 Å². The summed E-state index contributed by atoms with van der Waals surface area (Å²) in [7, 11) is 0. The van der Waals surface area contributed by atoms with Gasteiger partial charge >= 0.3 is 16.9 Å². The fraction of sp³-hybridized carbons (Fsp3) is 0.800. The summed E-state index contributed by atoms with van der Waals surface area (Å²) in [5, 5.41) is -7.52. The molecule has 0 heterocycles. The molecule has 0 amide bonds. The van der Waals surface area contributed by atoms with Gasteiger partial charge in [0, 0.05) is 0 Å². The summed E-state index contributed by atoms with van der Waals surface area (Å²) < 4.78 is 54.6. The Balaban J connectivity index is 3.68. The fourth-order valence-electron chi connectivity index (χ4n) is 0.323. The third-order valence-electron chi connectivity index (χ3n) is 0.707. The first-order valence-corrected chi connectivity index (χ1v) is 3.79. The standard InChI is InChI=1S/C5H4Cl2F4O3/c6-4(8,9)1-13-3(12)14-2-5(7,10)11/h1-2H2. The lowest BCUT2D eigenvalue weighted by Crippen LogP contribution is -2.23. The maximum atomic E-state index is 11.8. The van der Waals surface area contributed by atoms with Crippen LogP contribution in [0.15, 0.2) is 0 Å². The van der Waals surface area contributed by atoms with Crippen molar-refractivity contribution in [1.29, 1.82) is 0 Å². The Morgan fingerprint density at radius 3 is 1.50 bits per heavy atom. The molecule has 0 aliphatic carbocycles.